The van der Waals surface area contributed by atoms with Gasteiger partial charge in [0.2, 0.25) is 17.7 Å². The third kappa shape index (κ3) is 7.79. The third-order valence-corrected chi connectivity index (χ3v) is 5.52. The van der Waals surface area contributed by atoms with E-state index in [-0.39, 0.29) is 30.5 Å². The molecule has 1 aromatic heterocycles. The van der Waals surface area contributed by atoms with Crippen molar-refractivity contribution in [2.75, 3.05) is 17.6 Å². The summed E-state index contributed by atoms with van der Waals surface area (Å²) >= 11 is 4.59. The molecule has 1 heterocycles. The highest BCUT2D eigenvalue weighted by Gasteiger charge is 2.16. The minimum Gasteiger partial charge on any atom is -0.370 e. The van der Waals surface area contributed by atoms with Crippen LogP contribution in [0.15, 0.2) is 33.9 Å². The normalized spacial score (nSPS) is 10.8. The fourth-order valence-corrected chi connectivity index (χ4v) is 3.69. The van der Waals surface area contributed by atoms with Crippen molar-refractivity contribution in [2.24, 2.45) is 11.7 Å². The molecule has 1 aromatic carbocycles. The summed E-state index contributed by atoms with van der Waals surface area (Å²) in [5, 5.41) is 14.2. The first-order chi connectivity index (χ1) is 14.3. The van der Waals surface area contributed by atoms with Gasteiger partial charge in [0.05, 0.1) is 18.0 Å². The Kier molecular flexibility index (Phi) is 9.31. The van der Waals surface area contributed by atoms with Crippen molar-refractivity contribution in [3.63, 3.8) is 0 Å². The zero-order chi connectivity index (χ0) is 22.1. The van der Waals surface area contributed by atoms with E-state index in [1.165, 1.54) is 11.8 Å². The molecule has 0 spiro atoms. The number of primary amides is 1. The Bertz CT molecular complexity index is 902. The molecule has 0 bridgehead atoms. The Morgan fingerprint density at radius 2 is 1.93 bits per heavy atom. The molecule has 0 unspecified atom stereocenters. The molecule has 30 heavy (non-hydrogen) atoms. The second-order valence-corrected chi connectivity index (χ2v) is 8.76. The van der Waals surface area contributed by atoms with Crippen molar-refractivity contribution in [3.05, 3.63) is 34.6 Å². The van der Waals surface area contributed by atoms with Crippen LogP contribution in [-0.2, 0) is 27.3 Å². The number of benzene rings is 1. The summed E-state index contributed by atoms with van der Waals surface area (Å²) in [4.78, 5) is 35.2. The van der Waals surface area contributed by atoms with Crippen molar-refractivity contribution in [2.45, 2.75) is 38.4 Å². The predicted molar refractivity (Wildman–Crippen MR) is 119 cm³/mol. The van der Waals surface area contributed by atoms with Gasteiger partial charge in [0.15, 0.2) is 5.16 Å². The number of thioether (sulfide) groups is 1. The number of hydrogen-bond donors (Lipinski definition) is 3. The van der Waals surface area contributed by atoms with Gasteiger partial charge in [0, 0.05) is 23.9 Å². The van der Waals surface area contributed by atoms with Crippen molar-refractivity contribution in [3.8, 4) is 0 Å². The molecular weight excluding hydrogens is 472 g/mol. The van der Waals surface area contributed by atoms with Crippen LogP contribution < -0.4 is 16.4 Å². The largest absolute Gasteiger partial charge is 0.370 e. The maximum Gasteiger partial charge on any atom is 0.243 e. The number of rotatable bonds is 11. The number of hydrogen-bond acceptors (Lipinski definition) is 6. The minimum atomic E-state index is -0.400. The number of para-hydroxylation sites is 1. The number of nitrogens with two attached hydrogens (primary N) is 1. The van der Waals surface area contributed by atoms with E-state index in [0.717, 1.165) is 4.47 Å². The highest BCUT2D eigenvalue weighted by molar-refractivity contribution is 9.10. The molecule has 0 aliphatic carbocycles. The van der Waals surface area contributed by atoms with Crippen LogP contribution in [0, 0.1) is 5.92 Å². The summed E-state index contributed by atoms with van der Waals surface area (Å²) in [5.74, 6) is 0.0789. The predicted octanol–water partition coefficient (Wildman–Crippen LogP) is 1.96. The Hall–Kier alpha value is -2.40. The first-order valence-electron chi connectivity index (χ1n) is 9.40. The number of aromatic nitrogens is 3. The van der Waals surface area contributed by atoms with Gasteiger partial charge >= 0.3 is 0 Å². The smallest absolute Gasteiger partial charge is 0.243 e. The van der Waals surface area contributed by atoms with Gasteiger partial charge in [-0.15, -0.1) is 10.2 Å². The van der Waals surface area contributed by atoms with Gasteiger partial charge < -0.3 is 20.9 Å². The number of nitrogens with zero attached hydrogens (tertiary/aromatic N) is 3. The van der Waals surface area contributed by atoms with Gasteiger partial charge in [-0.3, -0.25) is 14.4 Å². The molecule has 0 fully saturated rings. The zero-order valence-electron chi connectivity index (χ0n) is 16.9. The summed E-state index contributed by atoms with van der Waals surface area (Å²) < 4.78 is 2.67. The average molecular weight is 497 g/mol. The molecule has 0 atom stereocenters. The van der Waals surface area contributed by atoms with Gasteiger partial charge in [0.1, 0.15) is 5.82 Å². The summed E-state index contributed by atoms with van der Waals surface area (Å²) in [5.41, 5.74) is 5.86. The summed E-state index contributed by atoms with van der Waals surface area (Å²) in [6, 6.07) is 7.23. The van der Waals surface area contributed by atoms with E-state index in [1.54, 1.807) is 12.1 Å². The zero-order valence-corrected chi connectivity index (χ0v) is 19.3. The third-order valence-electron chi connectivity index (χ3n) is 3.86. The maximum atomic E-state index is 12.2. The first kappa shape index (κ1) is 23.9. The molecule has 0 radical (unpaired) electrons. The second kappa shape index (κ2) is 11.7. The molecule has 4 N–H and O–H groups in total. The Balaban J connectivity index is 1.86. The molecule has 0 aliphatic rings. The first-order valence-corrected chi connectivity index (χ1v) is 11.2. The average Bonchev–Trinajstić information content (AvgIpc) is 3.05. The molecule has 162 valence electrons. The van der Waals surface area contributed by atoms with Crippen LogP contribution >= 0.6 is 27.7 Å². The SMILES string of the molecule is CC(C)Cn1c(CCC(N)=O)nnc1SCC(=O)NCC(=O)Nc1ccccc1Br. The molecule has 3 amide bonds. The van der Waals surface area contributed by atoms with Crippen molar-refractivity contribution < 1.29 is 14.4 Å². The number of halogens is 1. The lowest BCUT2D eigenvalue weighted by atomic mass is 10.2. The second-order valence-electron chi connectivity index (χ2n) is 6.96. The maximum absolute atomic E-state index is 12.2. The Labute approximate surface area is 187 Å². The van der Waals surface area contributed by atoms with E-state index in [0.29, 0.717) is 35.6 Å². The molecule has 2 aromatic rings. The fourth-order valence-electron chi connectivity index (χ4n) is 2.51. The number of carbonyl (C=O) groups excluding carboxylic acids is 3. The van der Waals surface area contributed by atoms with Crippen LogP contribution in [-0.4, -0.2) is 44.8 Å². The van der Waals surface area contributed by atoms with E-state index in [4.69, 9.17) is 5.73 Å². The monoisotopic (exact) mass is 496 g/mol. The molecular formula is C19H25BrN6O3S. The molecule has 0 aliphatic heterocycles. The molecule has 0 saturated carbocycles. The summed E-state index contributed by atoms with van der Waals surface area (Å²) in [6.45, 7) is 4.65. The summed E-state index contributed by atoms with van der Waals surface area (Å²) in [7, 11) is 0. The van der Waals surface area contributed by atoms with E-state index in [1.807, 2.05) is 16.7 Å². The number of amides is 3. The Morgan fingerprint density at radius 3 is 2.60 bits per heavy atom. The quantitative estimate of drug-likeness (QED) is 0.407. The standard InChI is InChI=1S/C19H25BrN6O3S/c1-12(2)10-26-16(8-7-15(21)27)24-25-19(26)30-11-18(29)22-9-17(28)23-14-6-4-3-5-13(14)20/h3-6,12H,7-11H2,1-2H3,(H2,21,27)(H,22,29)(H,23,28). The molecule has 2 rings (SSSR count). The lowest BCUT2D eigenvalue weighted by molar-refractivity contribution is -0.122. The Morgan fingerprint density at radius 1 is 1.20 bits per heavy atom. The highest BCUT2D eigenvalue weighted by atomic mass is 79.9. The lowest BCUT2D eigenvalue weighted by Gasteiger charge is -2.12. The van der Waals surface area contributed by atoms with E-state index in [2.05, 4.69) is 50.6 Å². The van der Waals surface area contributed by atoms with Crippen LogP contribution in [0.25, 0.3) is 0 Å². The van der Waals surface area contributed by atoms with Crippen molar-refractivity contribution in [1.29, 1.82) is 0 Å². The number of anilines is 1. The van der Waals surface area contributed by atoms with Crippen LogP contribution in [0.5, 0.6) is 0 Å². The van der Waals surface area contributed by atoms with Gasteiger partial charge in [-0.05, 0) is 34.0 Å². The van der Waals surface area contributed by atoms with Crippen LogP contribution in [0.2, 0.25) is 0 Å². The lowest BCUT2D eigenvalue weighted by Crippen LogP contribution is -2.34. The highest BCUT2D eigenvalue weighted by Crippen LogP contribution is 2.21. The minimum absolute atomic E-state index is 0.0916. The summed E-state index contributed by atoms with van der Waals surface area (Å²) in [6.07, 6.45) is 0.588. The van der Waals surface area contributed by atoms with Crippen LogP contribution in [0.3, 0.4) is 0 Å². The molecule has 9 nitrogen and oxygen atoms in total. The van der Waals surface area contributed by atoms with E-state index in [9.17, 15) is 14.4 Å². The van der Waals surface area contributed by atoms with Gasteiger partial charge in [-0.2, -0.15) is 0 Å². The number of carbonyl (C=O) groups is 3. The molecule has 11 heteroatoms. The van der Waals surface area contributed by atoms with Crippen LogP contribution in [0.4, 0.5) is 5.69 Å². The number of aryl methyl sites for hydroxylation is 1. The van der Waals surface area contributed by atoms with Crippen molar-refractivity contribution >= 4 is 51.1 Å². The molecule has 0 saturated heterocycles. The van der Waals surface area contributed by atoms with Gasteiger partial charge in [-0.25, -0.2) is 0 Å². The van der Waals surface area contributed by atoms with Gasteiger partial charge in [-0.1, -0.05) is 37.7 Å². The van der Waals surface area contributed by atoms with Gasteiger partial charge in [0.25, 0.3) is 0 Å². The fraction of sp³-hybridized carbons (Fsp3) is 0.421. The van der Waals surface area contributed by atoms with E-state index >= 15 is 0 Å². The number of nitrogens with one attached hydrogen (secondary N) is 2. The van der Waals surface area contributed by atoms with Crippen molar-refractivity contribution in [1.82, 2.24) is 20.1 Å². The topological polar surface area (TPSA) is 132 Å². The van der Waals surface area contributed by atoms with Crippen LogP contribution in [0.1, 0.15) is 26.1 Å². The van der Waals surface area contributed by atoms with E-state index < -0.39 is 5.91 Å².